The lowest BCUT2D eigenvalue weighted by atomic mass is 9.95. The van der Waals surface area contributed by atoms with Gasteiger partial charge < -0.3 is 4.74 Å². The molecule has 104 valence electrons. The molecule has 0 saturated carbocycles. The van der Waals surface area contributed by atoms with E-state index in [0.717, 1.165) is 16.5 Å². The van der Waals surface area contributed by atoms with E-state index in [0.29, 0.717) is 6.42 Å². The van der Waals surface area contributed by atoms with E-state index in [1.54, 1.807) is 16.8 Å². The van der Waals surface area contributed by atoms with Crippen molar-refractivity contribution in [2.45, 2.75) is 19.3 Å². The van der Waals surface area contributed by atoms with Crippen LogP contribution in [0.2, 0.25) is 0 Å². The van der Waals surface area contributed by atoms with E-state index >= 15 is 0 Å². The highest BCUT2D eigenvalue weighted by Crippen LogP contribution is 2.31. The minimum atomic E-state index is -0.442. The minimum absolute atomic E-state index is 0.0883. The molecule has 0 saturated heterocycles. The lowest BCUT2D eigenvalue weighted by molar-refractivity contribution is -0.142. The van der Waals surface area contributed by atoms with Crippen LogP contribution in [-0.2, 0) is 9.53 Å². The van der Waals surface area contributed by atoms with Crippen LogP contribution >= 0.6 is 0 Å². The topological polar surface area (TPSA) is 48.3 Å². The molecular formula is C16H17NO3. The molecule has 4 heteroatoms. The standard InChI is InChI=1S/C16H17NO3/c1-4-7-13(16(19)20-3)14-10-17(11(2)18)15-9-6-5-8-12(14)15/h4-6,8-10,13H,1,7H2,2-3H3. The van der Waals surface area contributed by atoms with Crippen molar-refractivity contribution in [2.24, 2.45) is 0 Å². The molecule has 0 aliphatic heterocycles. The van der Waals surface area contributed by atoms with Crippen LogP contribution in [0, 0.1) is 0 Å². The van der Waals surface area contributed by atoms with Gasteiger partial charge in [-0.2, -0.15) is 0 Å². The smallest absolute Gasteiger partial charge is 0.313 e. The number of methoxy groups -OCH3 is 1. The number of rotatable bonds is 4. The fourth-order valence-corrected chi connectivity index (χ4v) is 2.40. The molecule has 1 unspecified atom stereocenters. The van der Waals surface area contributed by atoms with Gasteiger partial charge in [-0.1, -0.05) is 24.3 Å². The Morgan fingerprint density at radius 3 is 2.70 bits per heavy atom. The molecule has 1 aromatic heterocycles. The molecule has 0 amide bonds. The van der Waals surface area contributed by atoms with Crippen LogP contribution in [0.25, 0.3) is 10.9 Å². The first-order valence-electron chi connectivity index (χ1n) is 6.39. The van der Waals surface area contributed by atoms with E-state index in [1.807, 2.05) is 24.3 Å². The Morgan fingerprint density at radius 2 is 2.10 bits per heavy atom. The molecule has 0 radical (unpaired) electrons. The van der Waals surface area contributed by atoms with Gasteiger partial charge >= 0.3 is 5.97 Å². The summed E-state index contributed by atoms with van der Waals surface area (Å²) in [6, 6.07) is 7.52. The third kappa shape index (κ3) is 2.37. The molecule has 0 N–H and O–H groups in total. The molecule has 0 fully saturated rings. The maximum Gasteiger partial charge on any atom is 0.313 e. The highest BCUT2D eigenvalue weighted by atomic mass is 16.5. The number of aromatic nitrogens is 1. The quantitative estimate of drug-likeness (QED) is 0.634. The number of hydrogen-bond acceptors (Lipinski definition) is 3. The van der Waals surface area contributed by atoms with E-state index in [1.165, 1.54) is 14.0 Å². The van der Waals surface area contributed by atoms with Crippen LogP contribution in [0.3, 0.4) is 0 Å². The molecule has 1 heterocycles. The zero-order valence-corrected chi connectivity index (χ0v) is 11.6. The van der Waals surface area contributed by atoms with E-state index in [9.17, 15) is 9.59 Å². The highest BCUT2D eigenvalue weighted by molar-refractivity contribution is 5.96. The first-order chi connectivity index (χ1) is 9.60. The second-order valence-corrected chi connectivity index (χ2v) is 4.59. The molecule has 0 spiro atoms. The van der Waals surface area contributed by atoms with Crippen molar-refractivity contribution >= 4 is 22.8 Å². The molecule has 2 rings (SSSR count). The summed E-state index contributed by atoms with van der Waals surface area (Å²) in [7, 11) is 1.36. The maximum absolute atomic E-state index is 12.0. The molecule has 0 aliphatic carbocycles. The van der Waals surface area contributed by atoms with E-state index in [-0.39, 0.29) is 11.9 Å². The van der Waals surface area contributed by atoms with Gasteiger partial charge in [0, 0.05) is 18.5 Å². The normalized spacial score (nSPS) is 12.1. The fourth-order valence-electron chi connectivity index (χ4n) is 2.40. The number of esters is 1. The van der Waals surface area contributed by atoms with Crippen molar-refractivity contribution in [3.05, 3.63) is 48.7 Å². The fraction of sp³-hybridized carbons (Fsp3) is 0.250. The van der Waals surface area contributed by atoms with Crippen molar-refractivity contribution in [2.75, 3.05) is 7.11 Å². The summed E-state index contributed by atoms with van der Waals surface area (Å²) in [6.45, 7) is 5.18. The molecule has 1 atom stereocenters. The van der Waals surface area contributed by atoms with Crippen LogP contribution in [-0.4, -0.2) is 23.6 Å². The van der Waals surface area contributed by atoms with Gasteiger partial charge in [-0.25, -0.2) is 0 Å². The van der Waals surface area contributed by atoms with Gasteiger partial charge in [-0.3, -0.25) is 14.2 Å². The number of para-hydroxylation sites is 1. The van der Waals surface area contributed by atoms with Gasteiger partial charge in [0.1, 0.15) is 0 Å². The first kappa shape index (κ1) is 14.1. The number of fused-ring (bicyclic) bond motifs is 1. The monoisotopic (exact) mass is 271 g/mol. The summed E-state index contributed by atoms with van der Waals surface area (Å²) in [5.41, 5.74) is 1.59. The zero-order valence-electron chi connectivity index (χ0n) is 11.6. The second-order valence-electron chi connectivity index (χ2n) is 4.59. The summed E-state index contributed by atoms with van der Waals surface area (Å²) in [6.07, 6.45) is 3.87. The maximum atomic E-state index is 12.0. The largest absolute Gasteiger partial charge is 0.469 e. The Bertz CT molecular complexity index is 669. The van der Waals surface area contributed by atoms with Crippen molar-refractivity contribution < 1.29 is 14.3 Å². The van der Waals surface area contributed by atoms with Crippen molar-refractivity contribution in [3.8, 4) is 0 Å². The van der Waals surface area contributed by atoms with Gasteiger partial charge in [-0.15, -0.1) is 6.58 Å². The van der Waals surface area contributed by atoms with Crippen LogP contribution in [0.15, 0.2) is 43.1 Å². The average molecular weight is 271 g/mol. The third-order valence-electron chi connectivity index (χ3n) is 3.35. The van der Waals surface area contributed by atoms with Gasteiger partial charge in [0.15, 0.2) is 0 Å². The van der Waals surface area contributed by atoms with Crippen LogP contribution in [0.5, 0.6) is 0 Å². The summed E-state index contributed by atoms with van der Waals surface area (Å²) in [5, 5.41) is 0.889. The lowest BCUT2D eigenvalue weighted by Crippen LogP contribution is -2.13. The Hall–Kier alpha value is -2.36. The van der Waals surface area contributed by atoms with E-state index in [2.05, 4.69) is 6.58 Å². The number of hydrogen-bond donors (Lipinski definition) is 0. The van der Waals surface area contributed by atoms with Gasteiger partial charge in [-0.05, 0) is 18.1 Å². The van der Waals surface area contributed by atoms with Gasteiger partial charge in [0.2, 0.25) is 5.91 Å². The zero-order chi connectivity index (χ0) is 14.7. The summed E-state index contributed by atoms with van der Waals surface area (Å²) < 4.78 is 6.42. The summed E-state index contributed by atoms with van der Waals surface area (Å²) in [5.74, 6) is -0.853. The van der Waals surface area contributed by atoms with E-state index < -0.39 is 5.92 Å². The Morgan fingerprint density at radius 1 is 1.40 bits per heavy atom. The molecule has 20 heavy (non-hydrogen) atoms. The molecule has 0 aliphatic rings. The lowest BCUT2D eigenvalue weighted by Gasteiger charge is -2.11. The third-order valence-corrected chi connectivity index (χ3v) is 3.35. The molecule has 1 aromatic carbocycles. The number of benzene rings is 1. The van der Waals surface area contributed by atoms with Crippen molar-refractivity contribution in [3.63, 3.8) is 0 Å². The van der Waals surface area contributed by atoms with Crippen LogP contribution in [0.4, 0.5) is 0 Å². The number of nitrogens with zero attached hydrogens (tertiary/aromatic N) is 1. The Balaban J connectivity index is 2.66. The molecular weight excluding hydrogens is 254 g/mol. The molecule has 0 bridgehead atoms. The van der Waals surface area contributed by atoms with Gasteiger partial charge in [0.25, 0.3) is 0 Å². The number of allylic oxidation sites excluding steroid dienone is 1. The number of carbonyl (C=O) groups is 2. The minimum Gasteiger partial charge on any atom is -0.469 e. The average Bonchev–Trinajstić information content (AvgIpc) is 2.83. The number of ether oxygens (including phenoxy) is 1. The van der Waals surface area contributed by atoms with Crippen molar-refractivity contribution in [1.29, 1.82) is 0 Å². The van der Waals surface area contributed by atoms with Crippen molar-refractivity contribution in [1.82, 2.24) is 4.57 Å². The first-order valence-corrected chi connectivity index (χ1v) is 6.39. The Labute approximate surface area is 117 Å². The van der Waals surface area contributed by atoms with E-state index in [4.69, 9.17) is 4.74 Å². The summed E-state index contributed by atoms with van der Waals surface area (Å²) >= 11 is 0. The SMILES string of the molecule is C=CCC(C(=O)OC)c1cn(C(C)=O)c2ccccc12. The molecule has 4 nitrogen and oxygen atoms in total. The van der Waals surface area contributed by atoms with Gasteiger partial charge in [0.05, 0.1) is 18.5 Å². The number of carbonyl (C=O) groups excluding carboxylic acids is 2. The predicted octanol–water partition coefficient (Wildman–Crippen LogP) is 3.13. The van der Waals surface area contributed by atoms with Crippen LogP contribution in [0.1, 0.15) is 29.6 Å². The predicted molar refractivity (Wildman–Crippen MR) is 77.8 cm³/mol. The Kier molecular flexibility index (Phi) is 4.03. The van der Waals surface area contributed by atoms with Crippen LogP contribution < -0.4 is 0 Å². The summed E-state index contributed by atoms with van der Waals surface area (Å²) in [4.78, 5) is 23.7. The second kappa shape index (κ2) is 5.74. The highest BCUT2D eigenvalue weighted by Gasteiger charge is 2.24. The molecule has 2 aromatic rings.